The van der Waals surface area contributed by atoms with Crippen LogP contribution in [-0.4, -0.2) is 79.7 Å². The monoisotopic (exact) mass is 648 g/mol. The summed E-state index contributed by atoms with van der Waals surface area (Å²) in [4.78, 5) is 29.0. The van der Waals surface area contributed by atoms with Crippen molar-refractivity contribution in [2.45, 2.75) is 49.7 Å². The average Bonchev–Trinajstić information content (AvgIpc) is 3.46. The Balaban J connectivity index is 1.61. The van der Waals surface area contributed by atoms with Crippen LogP contribution >= 0.6 is 0 Å². The molecule has 0 spiro atoms. The summed E-state index contributed by atoms with van der Waals surface area (Å²) in [5.74, 6) is -4.83. The number of benzene rings is 1. The fourth-order valence-electron chi connectivity index (χ4n) is 4.59. The van der Waals surface area contributed by atoms with Gasteiger partial charge in [-0.15, -0.1) is 0 Å². The van der Waals surface area contributed by atoms with E-state index in [2.05, 4.69) is 15.4 Å². The fourth-order valence-corrected chi connectivity index (χ4v) is 4.59. The van der Waals surface area contributed by atoms with Gasteiger partial charge in [0, 0.05) is 17.7 Å². The highest BCUT2D eigenvalue weighted by Crippen LogP contribution is 2.46. The second kappa shape index (κ2) is 10.7. The van der Waals surface area contributed by atoms with Crippen molar-refractivity contribution >= 4 is 23.1 Å². The van der Waals surface area contributed by atoms with Crippen LogP contribution in [0, 0.1) is 12.7 Å². The van der Waals surface area contributed by atoms with Gasteiger partial charge in [0.25, 0.3) is 11.5 Å². The van der Waals surface area contributed by atoms with Gasteiger partial charge in [0.2, 0.25) is 5.91 Å². The molecular weight excluding hydrogens is 629 g/mol. The molecule has 1 aliphatic heterocycles. The molecule has 2 aromatic heterocycles. The van der Waals surface area contributed by atoms with Crippen LogP contribution in [0.5, 0.6) is 0 Å². The van der Waals surface area contributed by atoms with Crippen molar-refractivity contribution in [2.24, 2.45) is 0 Å². The maximum atomic E-state index is 14.9. The molecule has 1 fully saturated rings. The molecule has 0 aliphatic carbocycles. The van der Waals surface area contributed by atoms with E-state index in [4.69, 9.17) is 5.73 Å². The molecule has 1 aliphatic rings. The Morgan fingerprint density at radius 3 is 2.23 bits per heavy atom. The first kappa shape index (κ1) is 32.7. The zero-order valence-corrected chi connectivity index (χ0v) is 21.9. The van der Waals surface area contributed by atoms with Gasteiger partial charge in [0.15, 0.2) is 5.82 Å². The van der Waals surface area contributed by atoms with Gasteiger partial charge in [-0.3, -0.25) is 9.59 Å². The number of hydrogen-bond donors (Lipinski definition) is 3. The number of likely N-dealkylation sites (tertiary alicyclic amines) is 1. The molecule has 0 bridgehead atoms. The third kappa shape index (κ3) is 5.69. The van der Waals surface area contributed by atoms with Crippen molar-refractivity contribution in [2.75, 3.05) is 18.8 Å². The van der Waals surface area contributed by atoms with Gasteiger partial charge in [-0.05, 0) is 30.7 Å². The maximum Gasteiger partial charge on any atom is 0.426 e. The molecular formula is C24H19F11N6O3. The number of halogens is 11. The zero-order valence-electron chi connectivity index (χ0n) is 21.9. The molecule has 0 unspecified atom stereocenters. The van der Waals surface area contributed by atoms with Crippen molar-refractivity contribution in [3.05, 3.63) is 47.0 Å². The highest BCUT2D eigenvalue weighted by atomic mass is 19.4. The molecule has 3 heterocycles. The van der Waals surface area contributed by atoms with Crippen molar-refractivity contribution in [1.82, 2.24) is 24.8 Å². The van der Waals surface area contributed by atoms with Crippen molar-refractivity contribution in [3.8, 4) is 11.3 Å². The molecule has 9 nitrogen and oxygen atoms in total. The number of aromatic nitrogens is 3. The van der Waals surface area contributed by atoms with E-state index in [-0.39, 0.29) is 21.7 Å². The van der Waals surface area contributed by atoms with E-state index < -0.39 is 95.9 Å². The van der Waals surface area contributed by atoms with Crippen molar-refractivity contribution in [1.29, 1.82) is 0 Å². The summed E-state index contributed by atoms with van der Waals surface area (Å²) in [6, 6.07) is 0.586. The topological polar surface area (TPSA) is 126 Å². The Bertz CT molecular complexity index is 1600. The number of anilines is 1. The van der Waals surface area contributed by atoms with E-state index in [1.165, 1.54) is 0 Å². The molecule has 2 amide bonds. The summed E-state index contributed by atoms with van der Waals surface area (Å²) < 4.78 is 149. The number of nitrogens with one attached hydrogen (secondary N) is 1. The summed E-state index contributed by atoms with van der Waals surface area (Å²) in [6.45, 7) is -0.883. The smallest absolute Gasteiger partial charge is 0.382 e. The third-order valence-corrected chi connectivity index (χ3v) is 7.04. The molecule has 0 radical (unpaired) electrons. The number of aliphatic hydroxyl groups is 1. The normalized spacial score (nSPS) is 18.2. The van der Waals surface area contributed by atoms with Crippen molar-refractivity contribution < 1.29 is 63.0 Å². The molecule has 20 heteroatoms. The molecule has 44 heavy (non-hydrogen) atoms. The van der Waals surface area contributed by atoms with Gasteiger partial charge in [0.05, 0.1) is 30.3 Å². The van der Waals surface area contributed by atoms with Gasteiger partial charge in [-0.2, -0.15) is 44.6 Å². The van der Waals surface area contributed by atoms with Gasteiger partial charge in [-0.25, -0.2) is 18.3 Å². The number of amides is 2. The van der Waals surface area contributed by atoms with E-state index in [1.54, 1.807) is 0 Å². The van der Waals surface area contributed by atoms with Crippen LogP contribution in [0.3, 0.4) is 0 Å². The number of carbonyl (C=O) groups excluding carboxylic acids is 2. The Kier molecular flexibility index (Phi) is 7.97. The van der Waals surface area contributed by atoms with E-state index in [0.717, 1.165) is 25.4 Å². The van der Waals surface area contributed by atoms with Crippen LogP contribution in [0.1, 0.15) is 27.9 Å². The average molecular weight is 648 g/mol. The Labute approximate surface area is 238 Å². The van der Waals surface area contributed by atoms with Crippen LogP contribution in [0.15, 0.2) is 24.5 Å². The first-order valence-corrected chi connectivity index (χ1v) is 12.1. The van der Waals surface area contributed by atoms with Crippen LogP contribution in [0.25, 0.3) is 16.8 Å². The van der Waals surface area contributed by atoms with Gasteiger partial charge >= 0.3 is 18.5 Å². The predicted octanol–water partition coefficient (Wildman–Crippen LogP) is 3.97. The highest BCUT2D eigenvalue weighted by Gasteiger charge is 2.71. The first-order chi connectivity index (χ1) is 20.1. The largest absolute Gasteiger partial charge is 0.426 e. The van der Waals surface area contributed by atoms with Crippen LogP contribution < -0.4 is 11.1 Å². The molecule has 1 aromatic carbocycles. The number of carbonyl (C=O) groups is 2. The van der Waals surface area contributed by atoms with Gasteiger partial charge in [-0.1, -0.05) is 0 Å². The number of nitrogens with zero attached hydrogens (tertiary/aromatic N) is 4. The standard InChI is InChI=1S/C24H19F11N6O3/c1-9-11(2-10(3-13(9)25)16-4-12(22(27,28)29)18-19(36)37-8-38-41(16)18)20(43)39-15-7-40(6-14(15)26)17(42)5-21(44,23(30,31)32)24(33,34)35/h2-4,8,14-15,44H,5-7H2,1H3,(H,39,43)(H2,36,37,38)/t14-,15+/m0/s1. The lowest BCUT2D eigenvalue weighted by Crippen LogP contribution is -2.59. The number of nitrogens with two attached hydrogens (primary N) is 1. The number of hydrogen-bond acceptors (Lipinski definition) is 6. The SMILES string of the molecule is Cc1c(F)cc(-c2cc(C(F)(F)F)c3c(N)ncnn23)cc1C(=O)N[C@@H]1CN(C(=O)CC(O)(C(F)(F)F)C(F)(F)F)C[C@@H]1F. The van der Waals surface area contributed by atoms with Crippen LogP contribution in [-0.2, 0) is 11.0 Å². The number of fused-ring (bicyclic) bond motifs is 1. The van der Waals surface area contributed by atoms with Gasteiger partial charge in [0.1, 0.15) is 23.8 Å². The molecule has 240 valence electrons. The summed E-state index contributed by atoms with van der Waals surface area (Å²) in [6.07, 6.45) is -21.5. The van der Waals surface area contributed by atoms with E-state index in [1.807, 2.05) is 0 Å². The molecule has 4 N–H and O–H groups in total. The second-order valence-electron chi connectivity index (χ2n) is 9.90. The lowest BCUT2D eigenvalue weighted by atomic mass is 9.97. The second-order valence-corrected chi connectivity index (χ2v) is 9.90. The van der Waals surface area contributed by atoms with Crippen molar-refractivity contribution in [3.63, 3.8) is 0 Å². The summed E-state index contributed by atoms with van der Waals surface area (Å²) in [7, 11) is 0. The third-order valence-electron chi connectivity index (χ3n) is 7.04. The molecule has 1 saturated heterocycles. The Morgan fingerprint density at radius 2 is 1.66 bits per heavy atom. The van der Waals surface area contributed by atoms with E-state index in [0.29, 0.717) is 10.6 Å². The molecule has 4 rings (SSSR count). The summed E-state index contributed by atoms with van der Waals surface area (Å²) in [5.41, 5.74) is -3.38. The van der Waals surface area contributed by atoms with Crippen LogP contribution in [0.2, 0.25) is 0 Å². The van der Waals surface area contributed by atoms with Crippen LogP contribution in [0.4, 0.5) is 54.1 Å². The lowest BCUT2D eigenvalue weighted by Gasteiger charge is -2.32. The zero-order chi connectivity index (χ0) is 33.2. The quantitative estimate of drug-likeness (QED) is 0.360. The number of alkyl halides is 10. The molecule has 2 atom stereocenters. The van der Waals surface area contributed by atoms with Gasteiger partial charge < -0.3 is 21.1 Å². The maximum absolute atomic E-state index is 14.9. The Hall–Kier alpha value is -4.23. The lowest BCUT2D eigenvalue weighted by molar-refractivity contribution is -0.367. The Morgan fingerprint density at radius 1 is 1.05 bits per heavy atom. The minimum absolute atomic E-state index is 0.234. The summed E-state index contributed by atoms with van der Waals surface area (Å²) in [5, 5.41) is 15.0. The molecule has 0 saturated carbocycles. The predicted molar refractivity (Wildman–Crippen MR) is 127 cm³/mol. The minimum atomic E-state index is -6.31. The molecule has 3 aromatic rings. The first-order valence-electron chi connectivity index (χ1n) is 12.1. The fraction of sp³-hybridized carbons (Fsp3) is 0.417. The summed E-state index contributed by atoms with van der Waals surface area (Å²) >= 11 is 0. The van der Waals surface area contributed by atoms with E-state index >= 15 is 0 Å². The minimum Gasteiger partial charge on any atom is -0.382 e. The number of rotatable bonds is 5. The number of nitrogen functional groups attached to an aromatic ring is 1. The van der Waals surface area contributed by atoms with E-state index in [9.17, 15) is 63.0 Å². The highest BCUT2D eigenvalue weighted by molar-refractivity contribution is 5.97.